The van der Waals surface area contributed by atoms with Gasteiger partial charge in [-0.1, -0.05) is 49.0 Å². The lowest BCUT2D eigenvalue weighted by Crippen LogP contribution is -2.36. The number of hydrogen-bond donors (Lipinski definition) is 2. The molecule has 0 heterocycles. The second-order valence-corrected chi connectivity index (χ2v) is 5.87. The molecule has 2 unspecified atom stereocenters. The van der Waals surface area contributed by atoms with Gasteiger partial charge in [0.1, 0.15) is 11.0 Å². The van der Waals surface area contributed by atoms with E-state index in [4.69, 9.17) is 28.9 Å². The second kappa shape index (κ2) is 9.11. The van der Waals surface area contributed by atoms with E-state index in [9.17, 15) is 4.79 Å². The minimum atomic E-state index is -0.297. The fraction of sp³-hybridized carbons (Fsp3) is 0.600. The highest BCUT2D eigenvalue weighted by Crippen LogP contribution is 2.27. The third-order valence-electron chi connectivity index (χ3n) is 3.49. The van der Waals surface area contributed by atoms with E-state index in [0.29, 0.717) is 16.0 Å². The number of nitrogens with two attached hydrogens (primary N) is 1. The zero-order chi connectivity index (χ0) is 15.8. The first-order chi connectivity index (χ1) is 9.99. The van der Waals surface area contributed by atoms with Crippen LogP contribution in [0.4, 0.5) is 0 Å². The SMILES string of the molecule is C/C=C(/Cl)C(=NC1CCCCC1C(N)=O)N/C(Cl)=C/CC. The zero-order valence-corrected chi connectivity index (χ0v) is 14.0. The van der Waals surface area contributed by atoms with E-state index in [1.807, 2.05) is 19.9 Å². The van der Waals surface area contributed by atoms with Crippen molar-refractivity contribution in [1.29, 1.82) is 0 Å². The van der Waals surface area contributed by atoms with Crippen LogP contribution in [0.3, 0.4) is 0 Å². The van der Waals surface area contributed by atoms with Gasteiger partial charge in [0.25, 0.3) is 0 Å². The van der Waals surface area contributed by atoms with Crippen molar-refractivity contribution >= 4 is 34.9 Å². The molecule has 0 saturated heterocycles. The van der Waals surface area contributed by atoms with Gasteiger partial charge in [-0.3, -0.25) is 9.79 Å². The largest absolute Gasteiger partial charge is 0.369 e. The Morgan fingerprint density at radius 2 is 2.05 bits per heavy atom. The minimum Gasteiger partial charge on any atom is -0.369 e. The summed E-state index contributed by atoms with van der Waals surface area (Å²) in [7, 11) is 0. The van der Waals surface area contributed by atoms with E-state index in [0.717, 1.165) is 32.1 Å². The number of amidine groups is 1. The number of nitrogens with zero attached hydrogens (tertiary/aromatic N) is 1. The molecule has 1 rings (SSSR count). The van der Waals surface area contributed by atoms with Gasteiger partial charge in [-0.05, 0) is 32.3 Å². The number of hydrogen-bond acceptors (Lipinski definition) is 2. The predicted molar refractivity (Wildman–Crippen MR) is 89.3 cm³/mol. The van der Waals surface area contributed by atoms with Gasteiger partial charge in [-0.2, -0.15) is 0 Å². The standard InChI is InChI=1S/C15H23Cl2N3O/c1-3-7-13(17)20-15(11(16)4-2)19-12-9-6-5-8-10(12)14(18)21/h4,7,10,12H,3,5-6,8-9H2,1-2H3,(H2,18,21)(H,19,20)/b11-4+,13-7+. The van der Waals surface area contributed by atoms with E-state index in [1.54, 1.807) is 6.08 Å². The Labute approximate surface area is 136 Å². The number of amides is 1. The van der Waals surface area contributed by atoms with Gasteiger partial charge in [-0.15, -0.1) is 0 Å². The maximum Gasteiger partial charge on any atom is 0.222 e. The molecule has 4 nitrogen and oxygen atoms in total. The molecule has 118 valence electrons. The molecule has 3 N–H and O–H groups in total. The Bertz CT molecular complexity index is 458. The van der Waals surface area contributed by atoms with Crippen LogP contribution in [-0.2, 0) is 4.79 Å². The van der Waals surface area contributed by atoms with Gasteiger partial charge >= 0.3 is 0 Å². The highest BCUT2D eigenvalue weighted by molar-refractivity contribution is 6.44. The summed E-state index contributed by atoms with van der Waals surface area (Å²) in [5.74, 6) is -0.0348. The molecule has 0 aromatic heterocycles. The summed E-state index contributed by atoms with van der Waals surface area (Å²) < 4.78 is 0. The second-order valence-electron chi connectivity index (χ2n) is 5.06. The Morgan fingerprint density at radius 1 is 1.38 bits per heavy atom. The Kier molecular flexibility index (Phi) is 7.83. The van der Waals surface area contributed by atoms with Crippen molar-refractivity contribution < 1.29 is 4.79 Å². The average molecular weight is 332 g/mol. The van der Waals surface area contributed by atoms with Gasteiger partial charge in [0.15, 0.2) is 0 Å². The minimum absolute atomic E-state index is 0.140. The van der Waals surface area contributed by atoms with Crippen LogP contribution in [0.2, 0.25) is 0 Å². The molecule has 0 aliphatic heterocycles. The van der Waals surface area contributed by atoms with E-state index >= 15 is 0 Å². The van der Waals surface area contributed by atoms with Crippen LogP contribution in [-0.4, -0.2) is 17.8 Å². The number of primary amides is 1. The van der Waals surface area contributed by atoms with Crippen molar-refractivity contribution in [1.82, 2.24) is 5.32 Å². The summed E-state index contributed by atoms with van der Waals surface area (Å²) in [6.45, 7) is 3.81. The molecule has 0 radical (unpaired) electrons. The molecule has 0 bridgehead atoms. The first-order valence-corrected chi connectivity index (χ1v) is 8.07. The molecule has 0 aromatic carbocycles. The molecule has 0 spiro atoms. The lowest BCUT2D eigenvalue weighted by Gasteiger charge is -2.27. The maximum absolute atomic E-state index is 11.6. The number of carbonyl (C=O) groups is 1. The van der Waals surface area contributed by atoms with Crippen LogP contribution >= 0.6 is 23.2 Å². The van der Waals surface area contributed by atoms with E-state index in [1.165, 1.54) is 0 Å². The summed E-state index contributed by atoms with van der Waals surface area (Å²) in [5.41, 5.74) is 5.48. The smallest absolute Gasteiger partial charge is 0.222 e. The van der Waals surface area contributed by atoms with Crippen LogP contribution < -0.4 is 11.1 Å². The number of carbonyl (C=O) groups excluding carboxylic acids is 1. The molecule has 1 saturated carbocycles. The number of halogens is 2. The van der Waals surface area contributed by atoms with Crippen molar-refractivity contribution in [3.63, 3.8) is 0 Å². The van der Waals surface area contributed by atoms with Crippen LogP contribution in [0.1, 0.15) is 46.0 Å². The zero-order valence-electron chi connectivity index (χ0n) is 12.5. The monoisotopic (exact) mass is 331 g/mol. The highest BCUT2D eigenvalue weighted by Gasteiger charge is 2.29. The fourth-order valence-electron chi connectivity index (χ4n) is 2.40. The highest BCUT2D eigenvalue weighted by atomic mass is 35.5. The summed E-state index contributed by atoms with van der Waals surface area (Å²) in [5, 5.41) is 3.95. The van der Waals surface area contributed by atoms with Gasteiger partial charge < -0.3 is 11.1 Å². The molecule has 21 heavy (non-hydrogen) atoms. The summed E-state index contributed by atoms with van der Waals surface area (Å²) in [6.07, 6.45) is 8.05. The van der Waals surface area contributed by atoms with Crippen molar-refractivity contribution in [3.8, 4) is 0 Å². The molecule has 0 aromatic rings. The van der Waals surface area contributed by atoms with Gasteiger partial charge in [0.05, 0.1) is 17.0 Å². The quantitative estimate of drug-likeness (QED) is 0.458. The first kappa shape index (κ1) is 18.1. The molecular weight excluding hydrogens is 309 g/mol. The van der Waals surface area contributed by atoms with Gasteiger partial charge in [-0.25, -0.2) is 0 Å². The van der Waals surface area contributed by atoms with Crippen molar-refractivity contribution in [2.24, 2.45) is 16.6 Å². The molecule has 1 amide bonds. The molecule has 2 atom stereocenters. The van der Waals surface area contributed by atoms with Crippen LogP contribution in [0.25, 0.3) is 0 Å². The lowest BCUT2D eigenvalue weighted by molar-refractivity contribution is -0.123. The predicted octanol–water partition coefficient (Wildman–Crippen LogP) is 3.65. The van der Waals surface area contributed by atoms with Gasteiger partial charge in [0, 0.05) is 0 Å². The number of aliphatic imine (C=N–C) groups is 1. The maximum atomic E-state index is 11.6. The molecule has 6 heteroatoms. The fourth-order valence-corrected chi connectivity index (χ4v) is 2.74. The Balaban J connectivity index is 3.00. The Morgan fingerprint density at radius 3 is 2.62 bits per heavy atom. The number of allylic oxidation sites excluding steroid dienone is 2. The lowest BCUT2D eigenvalue weighted by atomic mass is 9.84. The average Bonchev–Trinajstić information content (AvgIpc) is 2.46. The normalized spacial score (nSPS) is 24.9. The number of nitrogens with one attached hydrogen (secondary N) is 1. The number of rotatable bonds is 5. The third-order valence-corrected chi connectivity index (χ3v) is 4.14. The van der Waals surface area contributed by atoms with Crippen LogP contribution in [0, 0.1) is 5.92 Å². The first-order valence-electron chi connectivity index (χ1n) is 7.31. The van der Waals surface area contributed by atoms with Crippen molar-refractivity contribution in [3.05, 3.63) is 22.3 Å². The van der Waals surface area contributed by atoms with Crippen LogP contribution in [0.5, 0.6) is 0 Å². The molecule has 1 fully saturated rings. The third kappa shape index (κ3) is 5.71. The summed E-state index contributed by atoms with van der Waals surface area (Å²) in [6, 6.07) is -0.140. The molecule has 1 aliphatic carbocycles. The molecular formula is C15H23Cl2N3O. The van der Waals surface area contributed by atoms with E-state index in [2.05, 4.69) is 10.3 Å². The van der Waals surface area contributed by atoms with E-state index < -0.39 is 0 Å². The topological polar surface area (TPSA) is 67.5 Å². The van der Waals surface area contributed by atoms with Crippen molar-refractivity contribution in [2.45, 2.75) is 52.0 Å². The van der Waals surface area contributed by atoms with E-state index in [-0.39, 0.29) is 17.9 Å². The van der Waals surface area contributed by atoms with Crippen LogP contribution in [0.15, 0.2) is 27.3 Å². The Hall–Kier alpha value is -1.00. The molecule has 1 aliphatic rings. The van der Waals surface area contributed by atoms with Gasteiger partial charge in [0.2, 0.25) is 5.91 Å². The summed E-state index contributed by atoms with van der Waals surface area (Å²) >= 11 is 12.3. The summed E-state index contributed by atoms with van der Waals surface area (Å²) in [4.78, 5) is 16.2. The van der Waals surface area contributed by atoms with Crippen molar-refractivity contribution in [2.75, 3.05) is 0 Å².